The van der Waals surface area contributed by atoms with Crippen LogP contribution in [0.15, 0.2) is 36.4 Å². The third kappa shape index (κ3) is 4.33. The number of benzene rings is 2. The fourth-order valence-electron chi connectivity index (χ4n) is 5.36. The summed E-state index contributed by atoms with van der Waals surface area (Å²) in [6, 6.07) is 11.9. The summed E-state index contributed by atoms with van der Waals surface area (Å²) in [4.78, 5) is 20.9. The van der Waals surface area contributed by atoms with E-state index in [1.54, 1.807) is 21.3 Å². The zero-order chi connectivity index (χ0) is 24.4. The van der Waals surface area contributed by atoms with Crippen LogP contribution >= 0.6 is 0 Å². The van der Waals surface area contributed by atoms with Crippen LogP contribution in [0.25, 0.3) is 22.6 Å². The fourth-order valence-corrected chi connectivity index (χ4v) is 5.36. The van der Waals surface area contributed by atoms with Crippen LogP contribution in [-0.2, 0) is 6.42 Å². The molecule has 1 aliphatic carbocycles. The highest BCUT2D eigenvalue weighted by atomic mass is 16.5. The molecule has 0 spiro atoms. The van der Waals surface area contributed by atoms with Crippen molar-refractivity contribution in [3.8, 4) is 17.2 Å². The third-order valence-corrected chi connectivity index (χ3v) is 7.06. The molecule has 2 aromatic carbocycles. The minimum Gasteiger partial charge on any atom is -0.493 e. The number of aromatic nitrogens is 1. The van der Waals surface area contributed by atoms with Crippen LogP contribution in [0.1, 0.15) is 59.3 Å². The Balaban J connectivity index is 1.66. The lowest BCUT2D eigenvalue weighted by Crippen LogP contribution is -2.36. The molecular formula is C29H32N2O4. The van der Waals surface area contributed by atoms with Gasteiger partial charge in [-0.05, 0) is 79.5 Å². The van der Waals surface area contributed by atoms with Crippen molar-refractivity contribution >= 4 is 28.5 Å². The molecule has 182 valence electrons. The van der Waals surface area contributed by atoms with E-state index in [1.165, 1.54) is 6.42 Å². The number of fused-ring (bicyclic) bond motifs is 2. The van der Waals surface area contributed by atoms with E-state index < -0.39 is 0 Å². The lowest BCUT2D eigenvalue weighted by molar-refractivity contribution is 0.0725. The van der Waals surface area contributed by atoms with Crippen molar-refractivity contribution in [2.24, 2.45) is 0 Å². The van der Waals surface area contributed by atoms with Gasteiger partial charge in [0.15, 0.2) is 11.5 Å². The van der Waals surface area contributed by atoms with Crippen molar-refractivity contribution in [2.45, 2.75) is 38.5 Å². The molecule has 1 fully saturated rings. The van der Waals surface area contributed by atoms with Gasteiger partial charge in [-0.1, -0.05) is 18.2 Å². The minimum atomic E-state index is 0.147. The Morgan fingerprint density at radius 1 is 0.914 bits per heavy atom. The van der Waals surface area contributed by atoms with Crippen molar-refractivity contribution in [2.75, 3.05) is 34.4 Å². The number of amides is 1. The summed E-state index contributed by atoms with van der Waals surface area (Å²) < 4.78 is 16.6. The second kappa shape index (κ2) is 9.98. The Hall–Kier alpha value is -3.54. The van der Waals surface area contributed by atoms with Crippen molar-refractivity contribution < 1.29 is 19.0 Å². The Kier molecular flexibility index (Phi) is 6.62. The lowest BCUT2D eigenvalue weighted by Gasteiger charge is -2.30. The number of carbonyl (C=O) groups excluding carboxylic acids is 1. The van der Waals surface area contributed by atoms with E-state index in [1.807, 2.05) is 41.3 Å². The van der Waals surface area contributed by atoms with Crippen molar-refractivity contribution in [3.05, 3.63) is 58.8 Å². The van der Waals surface area contributed by atoms with Crippen LogP contribution < -0.4 is 14.2 Å². The summed E-state index contributed by atoms with van der Waals surface area (Å²) in [6.07, 6.45) is 8.21. The molecule has 0 bridgehead atoms. The first-order valence-electron chi connectivity index (χ1n) is 12.4. The number of nitrogens with zero attached hydrogens (tertiary/aromatic N) is 2. The second-order valence-corrected chi connectivity index (χ2v) is 9.17. The van der Waals surface area contributed by atoms with E-state index in [2.05, 4.69) is 6.08 Å². The molecule has 1 aromatic heterocycles. The topological polar surface area (TPSA) is 60.9 Å². The SMILES string of the molecule is COc1cc(/C=C2\CCCc3c2nc2ccccc2c3C(=O)N2CCCCC2)cc(OC)c1OC. The van der Waals surface area contributed by atoms with Gasteiger partial charge in [-0.25, -0.2) is 4.98 Å². The van der Waals surface area contributed by atoms with Crippen LogP contribution in [0.5, 0.6) is 17.2 Å². The number of pyridine rings is 1. The van der Waals surface area contributed by atoms with Gasteiger partial charge in [0.25, 0.3) is 5.91 Å². The second-order valence-electron chi connectivity index (χ2n) is 9.17. The van der Waals surface area contributed by atoms with E-state index in [9.17, 15) is 4.79 Å². The molecule has 1 aliphatic heterocycles. The molecule has 1 amide bonds. The average molecular weight is 473 g/mol. The molecule has 0 atom stereocenters. The zero-order valence-corrected chi connectivity index (χ0v) is 20.7. The Bertz CT molecular complexity index is 1270. The number of ether oxygens (including phenoxy) is 3. The van der Waals surface area contributed by atoms with Gasteiger partial charge in [0.1, 0.15) is 0 Å². The number of likely N-dealkylation sites (tertiary alicyclic amines) is 1. The summed E-state index contributed by atoms with van der Waals surface area (Å²) in [5.74, 6) is 1.94. The molecule has 2 heterocycles. The first kappa shape index (κ1) is 23.2. The first-order valence-corrected chi connectivity index (χ1v) is 12.4. The summed E-state index contributed by atoms with van der Waals surface area (Å²) in [7, 11) is 4.85. The number of piperidine rings is 1. The van der Waals surface area contributed by atoms with Crippen LogP contribution in [0.3, 0.4) is 0 Å². The predicted octanol–water partition coefficient (Wildman–Crippen LogP) is 5.76. The molecule has 6 nitrogen and oxygen atoms in total. The largest absolute Gasteiger partial charge is 0.493 e. The van der Waals surface area contributed by atoms with Gasteiger partial charge < -0.3 is 19.1 Å². The van der Waals surface area contributed by atoms with Crippen molar-refractivity contribution in [1.29, 1.82) is 0 Å². The minimum absolute atomic E-state index is 0.147. The summed E-state index contributed by atoms with van der Waals surface area (Å²) in [5, 5.41) is 0.954. The van der Waals surface area contributed by atoms with E-state index in [-0.39, 0.29) is 5.91 Å². The van der Waals surface area contributed by atoms with E-state index in [0.29, 0.717) is 17.2 Å². The summed E-state index contributed by atoms with van der Waals surface area (Å²) in [6.45, 7) is 1.66. The molecule has 0 saturated carbocycles. The van der Waals surface area contributed by atoms with Gasteiger partial charge in [0.05, 0.1) is 38.1 Å². The number of para-hydroxylation sites is 1. The highest BCUT2D eigenvalue weighted by Gasteiger charge is 2.28. The Morgan fingerprint density at radius 2 is 1.63 bits per heavy atom. The molecule has 3 aromatic rings. The van der Waals surface area contributed by atoms with E-state index in [0.717, 1.165) is 84.1 Å². The zero-order valence-electron chi connectivity index (χ0n) is 20.7. The molecule has 5 rings (SSSR count). The van der Waals surface area contributed by atoms with Gasteiger partial charge in [-0.2, -0.15) is 0 Å². The van der Waals surface area contributed by atoms with Gasteiger partial charge in [-0.15, -0.1) is 0 Å². The maximum atomic E-state index is 13.8. The number of hydrogen-bond acceptors (Lipinski definition) is 5. The highest BCUT2D eigenvalue weighted by Crippen LogP contribution is 2.41. The molecule has 0 N–H and O–H groups in total. The van der Waals surface area contributed by atoms with Crippen LogP contribution in [0.2, 0.25) is 0 Å². The third-order valence-electron chi connectivity index (χ3n) is 7.06. The fraction of sp³-hybridized carbons (Fsp3) is 0.379. The average Bonchev–Trinajstić information content (AvgIpc) is 2.91. The Labute approximate surface area is 206 Å². The van der Waals surface area contributed by atoms with Gasteiger partial charge in [-0.3, -0.25) is 4.79 Å². The quantitative estimate of drug-likeness (QED) is 0.472. The molecule has 0 radical (unpaired) electrons. The van der Waals surface area contributed by atoms with Gasteiger partial charge in [0, 0.05) is 18.5 Å². The number of allylic oxidation sites excluding steroid dienone is 1. The molecule has 2 aliphatic rings. The molecule has 1 saturated heterocycles. The first-order chi connectivity index (χ1) is 17.1. The maximum Gasteiger partial charge on any atom is 0.254 e. The summed E-state index contributed by atoms with van der Waals surface area (Å²) in [5.41, 5.74) is 5.78. The molecule has 6 heteroatoms. The lowest BCUT2D eigenvalue weighted by atomic mass is 9.85. The number of rotatable bonds is 5. The monoisotopic (exact) mass is 472 g/mol. The molecular weight excluding hydrogens is 440 g/mol. The number of carbonyl (C=O) groups is 1. The smallest absolute Gasteiger partial charge is 0.254 e. The maximum absolute atomic E-state index is 13.8. The van der Waals surface area contributed by atoms with E-state index >= 15 is 0 Å². The highest BCUT2D eigenvalue weighted by molar-refractivity contribution is 6.09. The van der Waals surface area contributed by atoms with E-state index in [4.69, 9.17) is 19.2 Å². The predicted molar refractivity (Wildman–Crippen MR) is 138 cm³/mol. The van der Waals surface area contributed by atoms with Crippen molar-refractivity contribution in [3.63, 3.8) is 0 Å². The Morgan fingerprint density at radius 3 is 2.31 bits per heavy atom. The van der Waals surface area contributed by atoms with Crippen molar-refractivity contribution in [1.82, 2.24) is 9.88 Å². The number of hydrogen-bond donors (Lipinski definition) is 0. The summed E-state index contributed by atoms with van der Waals surface area (Å²) >= 11 is 0. The van der Waals surface area contributed by atoms with Crippen LogP contribution in [-0.4, -0.2) is 50.2 Å². The van der Waals surface area contributed by atoms with Gasteiger partial charge >= 0.3 is 0 Å². The number of methoxy groups -OCH3 is 3. The normalized spacial score (nSPS) is 16.8. The van der Waals surface area contributed by atoms with Crippen LogP contribution in [0, 0.1) is 0 Å². The van der Waals surface area contributed by atoms with Gasteiger partial charge in [0.2, 0.25) is 5.75 Å². The van der Waals surface area contributed by atoms with Crippen LogP contribution in [0.4, 0.5) is 0 Å². The molecule has 0 unspecified atom stereocenters. The standard InChI is InChI=1S/C29H32N2O4/c1-33-24-17-19(18-25(34-2)28(24)35-3)16-20-10-9-12-22-26(29(32)31-14-7-4-8-15-31)21-11-5-6-13-23(21)30-27(20)22/h5-6,11,13,16-18H,4,7-10,12,14-15H2,1-3H3/b20-16+. The molecule has 35 heavy (non-hydrogen) atoms.